The lowest BCUT2D eigenvalue weighted by atomic mass is 9.96. The van der Waals surface area contributed by atoms with Crippen LogP contribution in [0.15, 0.2) is 18.2 Å². The van der Waals surface area contributed by atoms with Gasteiger partial charge in [0.05, 0.1) is 12.5 Å². The Hall–Kier alpha value is -2.04. The number of likely N-dealkylation sites (tertiary alicyclic amines) is 1. The van der Waals surface area contributed by atoms with Gasteiger partial charge in [-0.3, -0.25) is 9.59 Å². The number of hydrogen-bond donors (Lipinski definition) is 0. The second kappa shape index (κ2) is 8.18. The van der Waals surface area contributed by atoms with Gasteiger partial charge in [0.25, 0.3) is 5.91 Å². The first kappa shape index (κ1) is 18.3. The highest BCUT2D eigenvalue weighted by atomic mass is 16.5. The summed E-state index contributed by atoms with van der Waals surface area (Å²) in [7, 11) is 0. The number of aryl methyl sites for hydroxylation is 2. The zero-order chi connectivity index (χ0) is 17.7. The molecule has 0 unspecified atom stereocenters. The van der Waals surface area contributed by atoms with Crippen LogP contribution in [0.1, 0.15) is 37.8 Å². The van der Waals surface area contributed by atoms with Gasteiger partial charge in [0.2, 0.25) is 0 Å². The number of nitrogens with zero attached hydrogens (tertiary/aromatic N) is 1. The summed E-state index contributed by atoms with van der Waals surface area (Å²) >= 11 is 0. The maximum Gasteiger partial charge on any atom is 0.309 e. The quantitative estimate of drug-likeness (QED) is 0.778. The zero-order valence-electron chi connectivity index (χ0n) is 15.0. The number of amides is 1. The molecule has 0 radical (unpaired) electrons. The highest BCUT2D eigenvalue weighted by molar-refractivity contribution is 5.81. The van der Waals surface area contributed by atoms with Gasteiger partial charge in [0.1, 0.15) is 5.75 Å². The Balaban J connectivity index is 1.89. The Bertz CT molecular complexity index is 591. The molecule has 24 heavy (non-hydrogen) atoms. The minimum atomic E-state index is -0.537. The number of carbonyl (C=O) groups is 2. The van der Waals surface area contributed by atoms with Crippen molar-refractivity contribution in [1.29, 1.82) is 0 Å². The van der Waals surface area contributed by atoms with Crippen LogP contribution in [0.5, 0.6) is 5.75 Å². The smallest absolute Gasteiger partial charge is 0.309 e. The maximum absolute atomic E-state index is 12.6. The van der Waals surface area contributed by atoms with Crippen molar-refractivity contribution in [2.75, 3.05) is 19.7 Å². The molecule has 2 rings (SSSR count). The Morgan fingerprint density at radius 1 is 1.25 bits per heavy atom. The van der Waals surface area contributed by atoms with Crippen LogP contribution >= 0.6 is 0 Å². The topological polar surface area (TPSA) is 55.8 Å². The SMILES string of the molecule is CCOC(=O)C1CCN(C(=O)[C@@H](C)Oc2ccc(C)cc2C)CC1. The second-order valence-electron chi connectivity index (χ2n) is 6.38. The normalized spacial score (nSPS) is 16.6. The number of esters is 1. The van der Waals surface area contributed by atoms with Crippen LogP contribution in [0.2, 0.25) is 0 Å². The number of hydrogen-bond acceptors (Lipinski definition) is 4. The summed E-state index contributed by atoms with van der Waals surface area (Å²) in [6.07, 6.45) is 0.771. The molecule has 5 nitrogen and oxygen atoms in total. The highest BCUT2D eigenvalue weighted by Gasteiger charge is 2.30. The van der Waals surface area contributed by atoms with Crippen LogP contribution in [-0.4, -0.2) is 42.6 Å². The Kier molecular flexibility index (Phi) is 6.23. The summed E-state index contributed by atoms with van der Waals surface area (Å²) in [4.78, 5) is 26.1. The van der Waals surface area contributed by atoms with E-state index < -0.39 is 6.10 Å². The molecule has 1 saturated heterocycles. The molecule has 1 fully saturated rings. The maximum atomic E-state index is 12.6. The number of benzene rings is 1. The van der Waals surface area contributed by atoms with E-state index in [9.17, 15) is 9.59 Å². The molecule has 5 heteroatoms. The van der Waals surface area contributed by atoms with E-state index >= 15 is 0 Å². The van der Waals surface area contributed by atoms with E-state index in [0.717, 1.165) is 11.3 Å². The number of piperidine rings is 1. The zero-order valence-corrected chi connectivity index (χ0v) is 15.0. The van der Waals surface area contributed by atoms with E-state index in [0.29, 0.717) is 32.5 Å². The average Bonchev–Trinajstić information content (AvgIpc) is 2.57. The third-order valence-electron chi connectivity index (χ3n) is 4.41. The molecule has 0 spiro atoms. The molecule has 1 aliphatic rings. The Labute approximate surface area is 143 Å². The third kappa shape index (κ3) is 4.49. The van der Waals surface area contributed by atoms with E-state index in [2.05, 4.69) is 0 Å². The average molecular weight is 333 g/mol. The van der Waals surface area contributed by atoms with Crippen molar-refractivity contribution in [2.45, 2.75) is 46.6 Å². The molecule has 1 amide bonds. The van der Waals surface area contributed by atoms with Gasteiger partial charge in [0, 0.05) is 13.1 Å². The van der Waals surface area contributed by atoms with Crippen molar-refractivity contribution in [3.63, 3.8) is 0 Å². The van der Waals surface area contributed by atoms with E-state index in [-0.39, 0.29) is 17.8 Å². The van der Waals surface area contributed by atoms with E-state index in [1.54, 1.807) is 11.8 Å². The second-order valence-corrected chi connectivity index (χ2v) is 6.38. The summed E-state index contributed by atoms with van der Waals surface area (Å²) in [5.41, 5.74) is 2.19. The van der Waals surface area contributed by atoms with Gasteiger partial charge in [-0.15, -0.1) is 0 Å². The monoisotopic (exact) mass is 333 g/mol. The molecule has 0 saturated carbocycles. The van der Waals surface area contributed by atoms with Crippen molar-refractivity contribution in [1.82, 2.24) is 4.90 Å². The van der Waals surface area contributed by atoms with Crippen LogP contribution in [0.3, 0.4) is 0 Å². The number of carbonyl (C=O) groups excluding carboxylic acids is 2. The van der Waals surface area contributed by atoms with Crippen LogP contribution in [0.25, 0.3) is 0 Å². The van der Waals surface area contributed by atoms with E-state index in [4.69, 9.17) is 9.47 Å². The van der Waals surface area contributed by atoms with Gasteiger partial charge in [0.15, 0.2) is 6.10 Å². The van der Waals surface area contributed by atoms with Gasteiger partial charge in [-0.05, 0) is 52.2 Å². The molecule has 1 aliphatic heterocycles. The molecule has 0 aliphatic carbocycles. The minimum Gasteiger partial charge on any atom is -0.481 e. The van der Waals surface area contributed by atoms with Crippen LogP contribution in [-0.2, 0) is 14.3 Å². The molecule has 0 aromatic heterocycles. The predicted octanol–water partition coefficient (Wildman–Crippen LogP) is 2.87. The van der Waals surface area contributed by atoms with Gasteiger partial charge < -0.3 is 14.4 Å². The lowest BCUT2D eigenvalue weighted by Gasteiger charge is -2.32. The Morgan fingerprint density at radius 3 is 2.50 bits per heavy atom. The third-order valence-corrected chi connectivity index (χ3v) is 4.41. The van der Waals surface area contributed by atoms with Crippen molar-refractivity contribution in [3.05, 3.63) is 29.3 Å². The van der Waals surface area contributed by atoms with Gasteiger partial charge >= 0.3 is 5.97 Å². The fourth-order valence-corrected chi connectivity index (χ4v) is 3.03. The Morgan fingerprint density at radius 2 is 1.92 bits per heavy atom. The molecule has 0 bridgehead atoms. The van der Waals surface area contributed by atoms with E-state index in [1.807, 2.05) is 39.0 Å². The summed E-state index contributed by atoms with van der Waals surface area (Å²) in [5.74, 6) is 0.467. The largest absolute Gasteiger partial charge is 0.481 e. The van der Waals surface area contributed by atoms with Crippen molar-refractivity contribution >= 4 is 11.9 Å². The molecule has 1 atom stereocenters. The first-order valence-electron chi connectivity index (χ1n) is 8.61. The fourth-order valence-electron chi connectivity index (χ4n) is 3.03. The summed E-state index contributed by atoms with van der Waals surface area (Å²) in [6.45, 7) is 9.13. The highest BCUT2D eigenvalue weighted by Crippen LogP contribution is 2.23. The molecule has 0 N–H and O–H groups in total. The van der Waals surface area contributed by atoms with Gasteiger partial charge in [-0.25, -0.2) is 0 Å². The van der Waals surface area contributed by atoms with Gasteiger partial charge in [-0.1, -0.05) is 17.7 Å². The lowest BCUT2D eigenvalue weighted by Crippen LogP contribution is -2.46. The lowest BCUT2D eigenvalue weighted by molar-refractivity contribution is -0.152. The van der Waals surface area contributed by atoms with Crippen molar-refractivity contribution in [3.8, 4) is 5.75 Å². The number of ether oxygens (including phenoxy) is 2. The summed E-state index contributed by atoms with van der Waals surface area (Å²) in [6, 6.07) is 5.92. The molecule has 1 aromatic carbocycles. The van der Waals surface area contributed by atoms with Crippen LogP contribution < -0.4 is 4.74 Å². The van der Waals surface area contributed by atoms with Crippen molar-refractivity contribution in [2.24, 2.45) is 5.92 Å². The number of rotatable bonds is 5. The molecule has 1 heterocycles. The minimum absolute atomic E-state index is 0.0303. The summed E-state index contributed by atoms with van der Waals surface area (Å²) in [5, 5.41) is 0. The van der Waals surface area contributed by atoms with Crippen LogP contribution in [0, 0.1) is 19.8 Å². The first-order valence-corrected chi connectivity index (χ1v) is 8.61. The van der Waals surface area contributed by atoms with Crippen LogP contribution in [0.4, 0.5) is 0 Å². The molecule has 1 aromatic rings. The standard InChI is InChI=1S/C19H27NO4/c1-5-23-19(22)16-8-10-20(11-9-16)18(21)15(4)24-17-7-6-13(2)12-14(17)3/h6-7,12,15-16H,5,8-11H2,1-4H3/t15-/m1/s1. The predicted molar refractivity (Wildman–Crippen MR) is 91.9 cm³/mol. The first-order chi connectivity index (χ1) is 11.4. The molecular weight excluding hydrogens is 306 g/mol. The molecule has 132 valence electrons. The van der Waals surface area contributed by atoms with Gasteiger partial charge in [-0.2, -0.15) is 0 Å². The van der Waals surface area contributed by atoms with E-state index in [1.165, 1.54) is 5.56 Å². The fraction of sp³-hybridized carbons (Fsp3) is 0.579. The summed E-state index contributed by atoms with van der Waals surface area (Å²) < 4.78 is 10.9. The van der Waals surface area contributed by atoms with Crippen molar-refractivity contribution < 1.29 is 19.1 Å². The molecular formula is C19H27NO4.